The molecule has 1 saturated heterocycles. The molecule has 1 fully saturated rings. The van der Waals surface area contributed by atoms with Gasteiger partial charge >= 0.3 is 0 Å². The summed E-state index contributed by atoms with van der Waals surface area (Å²) in [7, 11) is 0. The average molecular weight is 355 g/mol. The molecule has 26 heavy (non-hydrogen) atoms. The Hall–Kier alpha value is -2.50. The van der Waals surface area contributed by atoms with Crippen LogP contribution in [0.4, 0.5) is 0 Å². The van der Waals surface area contributed by atoms with E-state index in [1.54, 1.807) is 6.20 Å². The molecule has 3 heterocycles. The Morgan fingerprint density at radius 3 is 2.65 bits per heavy atom. The molecule has 1 aromatic heterocycles. The molecule has 4 rings (SSSR count). The van der Waals surface area contributed by atoms with Gasteiger partial charge in [-0.1, -0.05) is 0 Å². The summed E-state index contributed by atoms with van der Waals surface area (Å²) in [6, 6.07) is 2.15. The Kier molecular flexibility index (Phi) is 3.75. The SMILES string of the molecule is Cc1c(C)c2c(c(C)c1O)CC[C@@](C)(C(=O)N1CC(n3cccn3)C1)O2. The zero-order valence-electron chi connectivity index (χ0n) is 15.7. The highest BCUT2D eigenvalue weighted by molar-refractivity contribution is 5.86. The summed E-state index contributed by atoms with van der Waals surface area (Å²) in [5.41, 5.74) is 2.76. The third-order valence-electron chi connectivity index (χ3n) is 6.02. The van der Waals surface area contributed by atoms with Crippen molar-refractivity contribution in [3.05, 3.63) is 40.7 Å². The Labute approximate surface area is 153 Å². The van der Waals surface area contributed by atoms with Crippen molar-refractivity contribution in [2.24, 2.45) is 0 Å². The number of aromatic nitrogens is 2. The molecule has 0 radical (unpaired) electrons. The fourth-order valence-electron chi connectivity index (χ4n) is 4.02. The first-order chi connectivity index (χ1) is 12.3. The lowest BCUT2D eigenvalue weighted by atomic mass is 9.86. The van der Waals surface area contributed by atoms with E-state index in [9.17, 15) is 9.90 Å². The average Bonchev–Trinajstić information content (AvgIpc) is 3.10. The minimum atomic E-state index is -0.858. The van der Waals surface area contributed by atoms with E-state index >= 15 is 0 Å². The molecule has 0 saturated carbocycles. The molecule has 0 spiro atoms. The zero-order valence-corrected chi connectivity index (χ0v) is 15.7. The zero-order chi connectivity index (χ0) is 18.6. The van der Waals surface area contributed by atoms with Crippen LogP contribution in [0.2, 0.25) is 0 Å². The molecule has 2 aromatic rings. The molecule has 6 heteroatoms. The van der Waals surface area contributed by atoms with Crippen molar-refractivity contribution in [3.8, 4) is 11.5 Å². The van der Waals surface area contributed by atoms with Crippen molar-refractivity contribution in [2.75, 3.05) is 13.1 Å². The van der Waals surface area contributed by atoms with E-state index < -0.39 is 5.60 Å². The van der Waals surface area contributed by atoms with Gasteiger partial charge in [-0.15, -0.1) is 0 Å². The summed E-state index contributed by atoms with van der Waals surface area (Å²) in [5, 5.41) is 14.6. The second-order valence-corrected chi connectivity index (χ2v) is 7.71. The number of nitrogens with zero attached hydrogens (tertiary/aromatic N) is 3. The summed E-state index contributed by atoms with van der Waals surface area (Å²) in [6.07, 6.45) is 5.04. The number of fused-ring (bicyclic) bond motifs is 1. The van der Waals surface area contributed by atoms with Gasteiger partial charge in [0, 0.05) is 37.5 Å². The Morgan fingerprint density at radius 2 is 2.00 bits per heavy atom. The fourth-order valence-corrected chi connectivity index (χ4v) is 4.02. The standard InChI is InChI=1S/C20H25N3O3/c1-12-13(2)18-16(14(3)17(12)24)6-7-20(4,26-18)19(25)22-10-15(11-22)23-9-5-8-21-23/h5,8-9,15,24H,6-7,10-11H2,1-4H3/t20-/m0/s1. The molecule has 1 N–H and O–H groups in total. The van der Waals surface area contributed by atoms with Gasteiger partial charge in [0.2, 0.25) is 0 Å². The molecule has 138 valence electrons. The van der Waals surface area contributed by atoms with Gasteiger partial charge in [0.15, 0.2) is 5.60 Å². The lowest BCUT2D eigenvalue weighted by Crippen LogP contribution is -2.60. The predicted octanol–water partition coefficient (Wildman–Crippen LogP) is 2.68. The summed E-state index contributed by atoms with van der Waals surface area (Å²) in [5.74, 6) is 1.14. The number of hydrogen-bond donors (Lipinski definition) is 1. The number of likely N-dealkylation sites (tertiary alicyclic amines) is 1. The first kappa shape index (κ1) is 16.9. The topological polar surface area (TPSA) is 67.6 Å². The smallest absolute Gasteiger partial charge is 0.266 e. The second-order valence-electron chi connectivity index (χ2n) is 7.71. The van der Waals surface area contributed by atoms with Gasteiger partial charge in [-0.05, 0) is 56.9 Å². The number of benzene rings is 1. The maximum absolute atomic E-state index is 13.1. The van der Waals surface area contributed by atoms with Crippen LogP contribution in [0.3, 0.4) is 0 Å². The third kappa shape index (κ3) is 2.39. The minimum Gasteiger partial charge on any atom is -0.507 e. The highest BCUT2D eigenvalue weighted by Gasteiger charge is 2.46. The number of hydrogen-bond acceptors (Lipinski definition) is 4. The Morgan fingerprint density at radius 1 is 1.27 bits per heavy atom. The van der Waals surface area contributed by atoms with Crippen LogP contribution in [-0.4, -0.2) is 44.4 Å². The molecule has 0 bridgehead atoms. The van der Waals surface area contributed by atoms with Crippen LogP contribution in [0.25, 0.3) is 0 Å². The number of phenolic OH excluding ortho intramolecular Hbond substituents is 1. The quantitative estimate of drug-likeness (QED) is 0.899. The number of carbonyl (C=O) groups excluding carboxylic acids is 1. The third-order valence-corrected chi connectivity index (χ3v) is 6.02. The molecule has 2 aliphatic rings. The normalized spacial score (nSPS) is 22.5. The molecule has 0 unspecified atom stereocenters. The Balaban J connectivity index is 1.55. The van der Waals surface area contributed by atoms with Crippen LogP contribution in [0.1, 0.15) is 41.6 Å². The lowest BCUT2D eigenvalue weighted by Gasteiger charge is -2.45. The molecule has 1 aromatic carbocycles. The molecule has 1 amide bonds. The summed E-state index contributed by atoms with van der Waals surface area (Å²) < 4.78 is 8.19. The molecule has 0 aliphatic carbocycles. The minimum absolute atomic E-state index is 0.0364. The van der Waals surface area contributed by atoms with Gasteiger partial charge in [0.05, 0.1) is 6.04 Å². The van der Waals surface area contributed by atoms with E-state index in [1.807, 2.05) is 49.5 Å². The lowest BCUT2D eigenvalue weighted by molar-refractivity contribution is -0.154. The molecular formula is C20H25N3O3. The number of rotatable bonds is 2. The maximum atomic E-state index is 13.1. The molecule has 1 atom stereocenters. The van der Waals surface area contributed by atoms with Crippen LogP contribution in [0, 0.1) is 20.8 Å². The Bertz CT molecular complexity index is 869. The van der Waals surface area contributed by atoms with E-state index in [2.05, 4.69) is 5.10 Å². The number of amides is 1. The van der Waals surface area contributed by atoms with Crippen LogP contribution < -0.4 is 4.74 Å². The summed E-state index contributed by atoms with van der Waals surface area (Å²) in [6.45, 7) is 8.97. The van der Waals surface area contributed by atoms with E-state index in [4.69, 9.17) is 4.74 Å². The highest BCUT2D eigenvalue weighted by Crippen LogP contribution is 2.44. The van der Waals surface area contributed by atoms with Crippen molar-refractivity contribution in [2.45, 2.75) is 52.2 Å². The predicted molar refractivity (Wildman–Crippen MR) is 97.5 cm³/mol. The fraction of sp³-hybridized carbons (Fsp3) is 0.500. The van der Waals surface area contributed by atoms with Gasteiger partial charge in [-0.25, -0.2) is 0 Å². The largest absolute Gasteiger partial charge is 0.507 e. The number of ether oxygens (including phenoxy) is 1. The highest BCUT2D eigenvalue weighted by atomic mass is 16.5. The second kappa shape index (κ2) is 5.76. The first-order valence-corrected chi connectivity index (χ1v) is 9.11. The van der Waals surface area contributed by atoms with Gasteiger partial charge in [0.1, 0.15) is 11.5 Å². The van der Waals surface area contributed by atoms with Crippen LogP contribution in [0.15, 0.2) is 18.5 Å². The van der Waals surface area contributed by atoms with Gasteiger partial charge in [-0.2, -0.15) is 5.10 Å². The maximum Gasteiger partial charge on any atom is 0.266 e. The van der Waals surface area contributed by atoms with E-state index in [0.717, 1.165) is 34.4 Å². The molecular weight excluding hydrogens is 330 g/mol. The number of carbonyl (C=O) groups is 1. The van der Waals surface area contributed by atoms with Crippen molar-refractivity contribution >= 4 is 5.91 Å². The van der Waals surface area contributed by atoms with Crippen LogP contribution in [-0.2, 0) is 11.2 Å². The monoisotopic (exact) mass is 355 g/mol. The van der Waals surface area contributed by atoms with Crippen molar-refractivity contribution < 1.29 is 14.6 Å². The van der Waals surface area contributed by atoms with Crippen LogP contribution >= 0.6 is 0 Å². The number of aromatic hydroxyl groups is 1. The van der Waals surface area contributed by atoms with Gasteiger partial charge in [-0.3, -0.25) is 9.48 Å². The summed E-state index contributed by atoms with van der Waals surface area (Å²) in [4.78, 5) is 15.0. The summed E-state index contributed by atoms with van der Waals surface area (Å²) >= 11 is 0. The first-order valence-electron chi connectivity index (χ1n) is 9.11. The van der Waals surface area contributed by atoms with Crippen molar-refractivity contribution in [1.82, 2.24) is 14.7 Å². The molecule has 2 aliphatic heterocycles. The van der Waals surface area contributed by atoms with Crippen molar-refractivity contribution in [1.29, 1.82) is 0 Å². The van der Waals surface area contributed by atoms with E-state index in [-0.39, 0.29) is 11.9 Å². The molecule has 6 nitrogen and oxygen atoms in total. The van der Waals surface area contributed by atoms with Crippen molar-refractivity contribution in [3.63, 3.8) is 0 Å². The number of phenols is 1. The van der Waals surface area contributed by atoms with Crippen LogP contribution in [0.5, 0.6) is 11.5 Å². The van der Waals surface area contributed by atoms with E-state index in [1.165, 1.54) is 0 Å². The van der Waals surface area contributed by atoms with Gasteiger partial charge in [0.25, 0.3) is 5.91 Å². The van der Waals surface area contributed by atoms with E-state index in [0.29, 0.717) is 25.3 Å². The van der Waals surface area contributed by atoms with Gasteiger partial charge < -0.3 is 14.7 Å².